The summed E-state index contributed by atoms with van der Waals surface area (Å²) in [6.07, 6.45) is 1.35. The standard InChI is InChI=1S/C28H24Cl2N2O6/c1-3-36-24-15-17(14-23(30)25(24)37-4-2)13-21-26(33)31-28(35)32(27(21)34)19-9-11-20(12-10-19)38-16-18-7-5-6-8-22(18)29/h5-15H,3-4,16H2,1-2H3,(H,31,33,35)/b21-13+. The number of imide groups is 2. The lowest BCUT2D eigenvalue weighted by atomic mass is 10.1. The van der Waals surface area contributed by atoms with Crippen molar-refractivity contribution in [2.75, 3.05) is 18.1 Å². The Kier molecular flexibility index (Phi) is 8.55. The Bertz CT molecular complexity index is 1400. The molecule has 4 amide bonds. The SMILES string of the molecule is CCOc1cc(/C=C2\C(=O)NC(=O)N(c3ccc(OCc4ccccc4Cl)cc3)C2=O)cc(Cl)c1OCC. The summed E-state index contributed by atoms with van der Waals surface area (Å²) in [6, 6.07) is 16.0. The number of carbonyl (C=O) groups is 3. The van der Waals surface area contributed by atoms with Crippen molar-refractivity contribution in [3.63, 3.8) is 0 Å². The summed E-state index contributed by atoms with van der Waals surface area (Å²) in [4.78, 5) is 39.4. The summed E-state index contributed by atoms with van der Waals surface area (Å²) in [7, 11) is 0. The third-order valence-corrected chi connectivity index (χ3v) is 6.13. The van der Waals surface area contributed by atoms with Crippen LogP contribution in [0.15, 0.2) is 66.2 Å². The molecule has 38 heavy (non-hydrogen) atoms. The maximum atomic E-state index is 13.3. The smallest absolute Gasteiger partial charge is 0.335 e. The molecule has 1 heterocycles. The van der Waals surface area contributed by atoms with Crippen molar-refractivity contribution < 1.29 is 28.6 Å². The van der Waals surface area contributed by atoms with Gasteiger partial charge in [0.1, 0.15) is 17.9 Å². The fourth-order valence-corrected chi connectivity index (χ4v) is 4.21. The second kappa shape index (κ2) is 12.0. The van der Waals surface area contributed by atoms with Gasteiger partial charge in [-0.1, -0.05) is 41.4 Å². The molecule has 0 unspecified atom stereocenters. The Morgan fingerprint density at radius 2 is 1.58 bits per heavy atom. The van der Waals surface area contributed by atoms with Gasteiger partial charge in [0.25, 0.3) is 11.8 Å². The zero-order valence-electron chi connectivity index (χ0n) is 20.6. The molecule has 3 aromatic rings. The third-order valence-electron chi connectivity index (χ3n) is 5.48. The first-order chi connectivity index (χ1) is 18.3. The van der Waals surface area contributed by atoms with Crippen LogP contribution >= 0.6 is 23.2 Å². The minimum Gasteiger partial charge on any atom is -0.490 e. The van der Waals surface area contributed by atoms with Crippen LogP contribution in [0.4, 0.5) is 10.5 Å². The Morgan fingerprint density at radius 1 is 0.868 bits per heavy atom. The number of urea groups is 1. The van der Waals surface area contributed by atoms with E-state index in [4.69, 9.17) is 37.4 Å². The van der Waals surface area contributed by atoms with Crippen molar-refractivity contribution in [1.29, 1.82) is 0 Å². The van der Waals surface area contributed by atoms with E-state index in [1.165, 1.54) is 6.08 Å². The van der Waals surface area contributed by atoms with Gasteiger partial charge in [0.15, 0.2) is 11.5 Å². The van der Waals surface area contributed by atoms with Crippen molar-refractivity contribution in [2.24, 2.45) is 0 Å². The molecule has 3 aromatic carbocycles. The fraction of sp³-hybridized carbons (Fsp3) is 0.179. The highest BCUT2D eigenvalue weighted by Gasteiger charge is 2.37. The van der Waals surface area contributed by atoms with Crippen LogP contribution in [0.1, 0.15) is 25.0 Å². The molecule has 4 rings (SSSR count). The Labute approximate surface area is 229 Å². The van der Waals surface area contributed by atoms with E-state index in [0.29, 0.717) is 41.0 Å². The molecule has 10 heteroatoms. The van der Waals surface area contributed by atoms with Crippen molar-refractivity contribution in [3.8, 4) is 17.2 Å². The third kappa shape index (κ3) is 5.93. The Morgan fingerprint density at radius 3 is 2.26 bits per heavy atom. The maximum absolute atomic E-state index is 13.3. The molecule has 0 aromatic heterocycles. The second-order valence-corrected chi connectivity index (χ2v) is 8.84. The summed E-state index contributed by atoms with van der Waals surface area (Å²) in [5.74, 6) is -0.354. The predicted octanol–water partition coefficient (Wildman–Crippen LogP) is 6.04. The van der Waals surface area contributed by atoms with Gasteiger partial charge in [0.05, 0.1) is 23.9 Å². The molecule has 0 bridgehead atoms. The number of anilines is 1. The number of nitrogens with zero attached hydrogens (tertiary/aromatic N) is 1. The van der Waals surface area contributed by atoms with Gasteiger partial charge in [-0.2, -0.15) is 0 Å². The number of halogens is 2. The van der Waals surface area contributed by atoms with E-state index in [1.54, 1.807) is 42.5 Å². The zero-order chi connectivity index (χ0) is 27.2. The van der Waals surface area contributed by atoms with Gasteiger partial charge in [0.2, 0.25) is 0 Å². The average Bonchev–Trinajstić information content (AvgIpc) is 2.89. The first-order valence-electron chi connectivity index (χ1n) is 11.8. The summed E-state index contributed by atoms with van der Waals surface area (Å²) in [6.45, 7) is 4.61. The van der Waals surface area contributed by atoms with Gasteiger partial charge >= 0.3 is 6.03 Å². The van der Waals surface area contributed by atoms with E-state index in [-0.39, 0.29) is 22.9 Å². The van der Waals surface area contributed by atoms with Gasteiger partial charge in [0, 0.05) is 10.6 Å². The second-order valence-electron chi connectivity index (χ2n) is 8.03. The first kappa shape index (κ1) is 27.0. The van der Waals surface area contributed by atoms with Crippen LogP contribution in [0.2, 0.25) is 10.0 Å². The number of amides is 4. The number of benzene rings is 3. The maximum Gasteiger partial charge on any atom is 0.335 e. The lowest BCUT2D eigenvalue weighted by molar-refractivity contribution is -0.122. The monoisotopic (exact) mass is 554 g/mol. The van der Waals surface area contributed by atoms with E-state index < -0.39 is 17.8 Å². The van der Waals surface area contributed by atoms with Gasteiger partial charge < -0.3 is 14.2 Å². The Hall–Kier alpha value is -4.01. The molecule has 1 aliphatic heterocycles. The van der Waals surface area contributed by atoms with Crippen LogP contribution in [0.3, 0.4) is 0 Å². The number of hydrogen-bond donors (Lipinski definition) is 1. The van der Waals surface area contributed by atoms with Crippen LogP contribution in [-0.4, -0.2) is 31.1 Å². The molecule has 0 aliphatic carbocycles. The van der Waals surface area contributed by atoms with Crippen LogP contribution < -0.4 is 24.4 Å². The van der Waals surface area contributed by atoms with E-state index >= 15 is 0 Å². The van der Waals surface area contributed by atoms with Crippen molar-refractivity contribution >= 4 is 52.8 Å². The van der Waals surface area contributed by atoms with Gasteiger partial charge in [-0.05, 0) is 68.0 Å². The molecule has 0 spiro atoms. The quantitative estimate of drug-likeness (QED) is 0.256. The van der Waals surface area contributed by atoms with Crippen LogP contribution in [-0.2, 0) is 16.2 Å². The lowest BCUT2D eigenvalue weighted by Gasteiger charge is -2.26. The molecular formula is C28H24Cl2N2O6. The molecule has 0 saturated carbocycles. The highest BCUT2D eigenvalue weighted by Crippen LogP contribution is 2.37. The highest BCUT2D eigenvalue weighted by atomic mass is 35.5. The largest absolute Gasteiger partial charge is 0.490 e. The van der Waals surface area contributed by atoms with Gasteiger partial charge in [-0.3, -0.25) is 14.9 Å². The molecule has 196 valence electrons. The number of carbonyl (C=O) groups excluding carboxylic acids is 3. The van der Waals surface area contributed by atoms with E-state index in [1.807, 2.05) is 32.0 Å². The number of nitrogens with one attached hydrogen (secondary N) is 1. The average molecular weight is 555 g/mol. The normalized spacial score (nSPS) is 14.5. The highest BCUT2D eigenvalue weighted by molar-refractivity contribution is 6.39. The minimum absolute atomic E-state index is 0.244. The van der Waals surface area contributed by atoms with E-state index in [0.717, 1.165) is 10.5 Å². The van der Waals surface area contributed by atoms with E-state index in [9.17, 15) is 14.4 Å². The van der Waals surface area contributed by atoms with Crippen molar-refractivity contribution in [3.05, 3.63) is 87.4 Å². The van der Waals surface area contributed by atoms with Crippen LogP contribution in [0.5, 0.6) is 17.2 Å². The predicted molar refractivity (Wildman–Crippen MR) is 145 cm³/mol. The summed E-state index contributed by atoms with van der Waals surface area (Å²) < 4.78 is 16.9. The molecule has 1 aliphatic rings. The summed E-state index contributed by atoms with van der Waals surface area (Å²) >= 11 is 12.5. The lowest BCUT2D eigenvalue weighted by Crippen LogP contribution is -2.54. The Balaban J connectivity index is 1.58. The van der Waals surface area contributed by atoms with Crippen LogP contribution in [0, 0.1) is 0 Å². The van der Waals surface area contributed by atoms with Gasteiger partial charge in [-0.15, -0.1) is 0 Å². The zero-order valence-corrected chi connectivity index (χ0v) is 22.1. The molecule has 1 fully saturated rings. The molecule has 8 nitrogen and oxygen atoms in total. The number of rotatable bonds is 9. The summed E-state index contributed by atoms with van der Waals surface area (Å²) in [5.41, 5.74) is 1.26. The van der Waals surface area contributed by atoms with Crippen LogP contribution in [0.25, 0.3) is 6.08 Å². The molecular weight excluding hydrogens is 531 g/mol. The molecule has 1 N–H and O–H groups in total. The number of hydrogen-bond acceptors (Lipinski definition) is 6. The van der Waals surface area contributed by atoms with Gasteiger partial charge in [-0.25, -0.2) is 9.69 Å². The molecule has 0 radical (unpaired) electrons. The van der Waals surface area contributed by atoms with E-state index in [2.05, 4.69) is 5.32 Å². The first-order valence-corrected chi connectivity index (χ1v) is 12.5. The summed E-state index contributed by atoms with van der Waals surface area (Å²) in [5, 5.41) is 3.05. The number of ether oxygens (including phenoxy) is 3. The fourth-order valence-electron chi connectivity index (χ4n) is 3.75. The topological polar surface area (TPSA) is 94.2 Å². The number of barbiturate groups is 1. The van der Waals surface area contributed by atoms with Crippen molar-refractivity contribution in [1.82, 2.24) is 5.32 Å². The molecule has 1 saturated heterocycles. The van der Waals surface area contributed by atoms with Crippen molar-refractivity contribution in [2.45, 2.75) is 20.5 Å². The molecule has 0 atom stereocenters. The minimum atomic E-state index is -0.860.